The molecule has 0 radical (unpaired) electrons. The molecule has 0 atom stereocenters. The van der Waals surface area contributed by atoms with E-state index in [1.165, 1.54) is 0 Å². The minimum atomic E-state index is -0.938. The minimum absolute atomic E-state index is 0.0504. The monoisotopic (exact) mass is 216 g/mol. The Morgan fingerprint density at radius 3 is 2.33 bits per heavy atom. The van der Waals surface area contributed by atoms with Crippen LogP contribution in [-0.4, -0.2) is 47.6 Å². The molecule has 0 aromatic heterocycles. The maximum Gasteiger partial charge on any atom is 0.323 e. The van der Waals surface area contributed by atoms with Crippen LogP contribution in [0.5, 0.6) is 0 Å². The van der Waals surface area contributed by atoms with Gasteiger partial charge < -0.3 is 10.4 Å². The molecule has 0 aliphatic carbocycles. The van der Waals surface area contributed by atoms with E-state index in [2.05, 4.69) is 5.32 Å². The molecular formula is C10H20N2O3. The first-order valence-electron chi connectivity index (χ1n) is 5.03. The Morgan fingerprint density at radius 1 is 1.40 bits per heavy atom. The van der Waals surface area contributed by atoms with Crippen molar-refractivity contribution < 1.29 is 14.7 Å². The Hall–Kier alpha value is -1.10. The summed E-state index contributed by atoms with van der Waals surface area (Å²) in [7, 11) is 1.70. The third-order valence-corrected chi connectivity index (χ3v) is 2.53. The van der Waals surface area contributed by atoms with Gasteiger partial charge in [0.05, 0.1) is 0 Å². The Morgan fingerprint density at radius 2 is 1.93 bits per heavy atom. The zero-order chi connectivity index (χ0) is 12.1. The standard InChI is InChI=1S/C10H20N2O3/c1-5-11-8(13)6-7-12(4)10(2,3)9(14)15/h5-7H2,1-4H3,(H,11,13)(H,14,15). The summed E-state index contributed by atoms with van der Waals surface area (Å²) in [6, 6.07) is 0. The lowest BCUT2D eigenvalue weighted by molar-refractivity contribution is -0.148. The minimum Gasteiger partial charge on any atom is -0.480 e. The molecule has 88 valence electrons. The molecule has 1 amide bonds. The number of hydrogen-bond donors (Lipinski definition) is 2. The van der Waals surface area contributed by atoms with Crippen molar-refractivity contribution in [3.8, 4) is 0 Å². The van der Waals surface area contributed by atoms with Gasteiger partial charge in [0, 0.05) is 19.5 Å². The number of rotatable bonds is 6. The lowest BCUT2D eigenvalue weighted by Crippen LogP contribution is -2.48. The number of carboxylic acids is 1. The number of nitrogens with one attached hydrogen (secondary N) is 1. The number of nitrogens with zero attached hydrogens (tertiary/aromatic N) is 1. The van der Waals surface area contributed by atoms with E-state index in [9.17, 15) is 9.59 Å². The maximum atomic E-state index is 11.2. The van der Waals surface area contributed by atoms with Crippen LogP contribution in [0.4, 0.5) is 0 Å². The van der Waals surface area contributed by atoms with E-state index in [-0.39, 0.29) is 5.91 Å². The first-order valence-corrected chi connectivity index (χ1v) is 5.03. The van der Waals surface area contributed by atoms with Gasteiger partial charge >= 0.3 is 5.97 Å². The van der Waals surface area contributed by atoms with E-state index in [4.69, 9.17) is 5.11 Å². The summed E-state index contributed by atoms with van der Waals surface area (Å²) in [5, 5.41) is 11.6. The number of hydrogen-bond acceptors (Lipinski definition) is 3. The van der Waals surface area contributed by atoms with Crippen molar-refractivity contribution in [1.82, 2.24) is 10.2 Å². The van der Waals surface area contributed by atoms with Crippen LogP contribution in [-0.2, 0) is 9.59 Å². The molecule has 5 heteroatoms. The molecule has 2 N–H and O–H groups in total. The zero-order valence-corrected chi connectivity index (χ0v) is 9.83. The van der Waals surface area contributed by atoms with Crippen molar-refractivity contribution in [2.24, 2.45) is 0 Å². The highest BCUT2D eigenvalue weighted by molar-refractivity contribution is 5.78. The first kappa shape index (κ1) is 13.9. The summed E-state index contributed by atoms with van der Waals surface area (Å²) in [4.78, 5) is 23.7. The van der Waals surface area contributed by atoms with Crippen LogP contribution in [0.3, 0.4) is 0 Å². The van der Waals surface area contributed by atoms with Crippen molar-refractivity contribution in [2.45, 2.75) is 32.7 Å². The second-order valence-electron chi connectivity index (χ2n) is 3.99. The molecule has 0 heterocycles. The van der Waals surface area contributed by atoms with E-state index in [1.807, 2.05) is 6.92 Å². The first-order chi connectivity index (χ1) is 6.82. The SMILES string of the molecule is CCNC(=O)CCN(C)C(C)(C)C(=O)O. The van der Waals surface area contributed by atoms with Gasteiger partial charge in [0.1, 0.15) is 5.54 Å². The van der Waals surface area contributed by atoms with E-state index >= 15 is 0 Å². The van der Waals surface area contributed by atoms with Crippen LogP contribution < -0.4 is 5.32 Å². The van der Waals surface area contributed by atoms with Gasteiger partial charge in [0.25, 0.3) is 0 Å². The molecule has 5 nitrogen and oxygen atoms in total. The van der Waals surface area contributed by atoms with Gasteiger partial charge in [0.15, 0.2) is 0 Å². The molecule has 0 bridgehead atoms. The number of carboxylic acid groups (broad SMARTS) is 1. The lowest BCUT2D eigenvalue weighted by Gasteiger charge is -2.31. The molecule has 0 aliphatic heterocycles. The number of amides is 1. The zero-order valence-electron chi connectivity index (χ0n) is 9.83. The van der Waals surface area contributed by atoms with Gasteiger partial charge in [-0.15, -0.1) is 0 Å². The summed E-state index contributed by atoms with van der Waals surface area (Å²) in [6.45, 7) is 6.12. The number of carbonyl (C=O) groups is 2. The van der Waals surface area contributed by atoms with Gasteiger partial charge in [-0.2, -0.15) is 0 Å². The van der Waals surface area contributed by atoms with Crippen LogP contribution >= 0.6 is 0 Å². The summed E-state index contributed by atoms with van der Waals surface area (Å²) in [5.41, 5.74) is -0.938. The summed E-state index contributed by atoms with van der Waals surface area (Å²) in [6.07, 6.45) is 0.320. The van der Waals surface area contributed by atoms with E-state index in [0.29, 0.717) is 19.5 Å². The van der Waals surface area contributed by atoms with Gasteiger partial charge in [-0.1, -0.05) is 0 Å². The fraction of sp³-hybridized carbons (Fsp3) is 0.800. The number of likely N-dealkylation sites (N-methyl/N-ethyl adjacent to an activating group) is 1. The van der Waals surface area contributed by atoms with Crippen LogP contribution in [0.1, 0.15) is 27.2 Å². The predicted molar refractivity (Wildman–Crippen MR) is 57.6 cm³/mol. The average Bonchev–Trinajstić information content (AvgIpc) is 2.14. The second-order valence-corrected chi connectivity index (χ2v) is 3.99. The Labute approximate surface area is 90.5 Å². The molecule has 0 fully saturated rings. The summed E-state index contributed by atoms with van der Waals surface area (Å²) < 4.78 is 0. The van der Waals surface area contributed by atoms with Crippen molar-refractivity contribution in [2.75, 3.05) is 20.1 Å². The molecular weight excluding hydrogens is 196 g/mol. The molecule has 15 heavy (non-hydrogen) atoms. The number of carbonyl (C=O) groups excluding carboxylic acids is 1. The highest BCUT2D eigenvalue weighted by Crippen LogP contribution is 2.12. The van der Waals surface area contributed by atoms with Crippen LogP contribution in [0.25, 0.3) is 0 Å². The smallest absolute Gasteiger partial charge is 0.323 e. The van der Waals surface area contributed by atoms with Gasteiger partial charge in [-0.05, 0) is 27.8 Å². The van der Waals surface area contributed by atoms with Crippen LogP contribution in [0, 0.1) is 0 Å². The lowest BCUT2D eigenvalue weighted by atomic mass is 10.0. The van der Waals surface area contributed by atoms with Gasteiger partial charge in [-0.3, -0.25) is 14.5 Å². The number of aliphatic carboxylic acids is 1. The summed E-state index contributed by atoms with van der Waals surface area (Å²) >= 11 is 0. The Kier molecular flexibility index (Phi) is 5.28. The van der Waals surface area contributed by atoms with E-state index in [0.717, 1.165) is 0 Å². The fourth-order valence-corrected chi connectivity index (χ4v) is 0.998. The van der Waals surface area contributed by atoms with E-state index < -0.39 is 11.5 Å². The largest absolute Gasteiger partial charge is 0.480 e. The predicted octanol–water partition coefficient (Wildman–Crippen LogP) is 0.308. The average molecular weight is 216 g/mol. The maximum absolute atomic E-state index is 11.2. The van der Waals surface area contributed by atoms with Gasteiger partial charge in [-0.25, -0.2) is 0 Å². The topological polar surface area (TPSA) is 69.6 Å². The van der Waals surface area contributed by atoms with Crippen LogP contribution in [0.2, 0.25) is 0 Å². The molecule has 0 saturated carbocycles. The van der Waals surface area contributed by atoms with Crippen molar-refractivity contribution in [1.29, 1.82) is 0 Å². The Bertz CT molecular complexity index is 239. The van der Waals surface area contributed by atoms with Crippen LogP contribution in [0.15, 0.2) is 0 Å². The second kappa shape index (κ2) is 5.70. The molecule has 0 rings (SSSR count). The molecule has 0 aliphatic rings. The Balaban J connectivity index is 4.09. The third-order valence-electron chi connectivity index (χ3n) is 2.53. The highest BCUT2D eigenvalue weighted by Gasteiger charge is 2.31. The van der Waals surface area contributed by atoms with Gasteiger partial charge in [0.2, 0.25) is 5.91 Å². The normalized spacial score (nSPS) is 11.5. The van der Waals surface area contributed by atoms with Crippen molar-refractivity contribution >= 4 is 11.9 Å². The van der Waals surface area contributed by atoms with Crippen molar-refractivity contribution in [3.05, 3.63) is 0 Å². The van der Waals surface area contributed by atoms with Crippen molar-refractivity contribution in [3.63, 3.8) is 0 Å². The molecule has 0 spiro atoms. The summed E-state index contributed by atoms with van der Waals surface area (Å²) in [5.74, 6) is -0.938. The molecule has 0 saturated heterocycles. The third kappa shape index (κ3) is 4.29. The van der Waals surface area contributed by atoms with E-state index in [1.54, 1.807) is 25.8 Å². The quantitative estimate of drug-likeness (QED) is 0.670. The molecule has 0 unspecified atom stereocenters. The molecule has 0 aromatic carbocycles. The molecule has 0 aromatic rings. The highest BCUT2D eigenvalue weighted by atomic mass is 16.4. The fourth-order valence-electron chi connectivity index (χ4n) is 0.998.